The Balaban J connectivity index is 3.05. The van der Waals surface area contributed by atoms with Crippen LogP contribution in [0.5, 0.6) is 0 Å². The largest absolute Gasteiger partial charge is 0.598 e. The van der Waals surface area contributed by atoms with Gasteiger partial charge in [-0.3, -0.25) is 4.72 Å². The molecule has 0 radical (unpaired) electrons. The third-order valence-corrected chi connectivity index (χ3v) is 5.22. The van der Waals surface area contributed by atoms with Crippen molar-refractivity contribution in [1.29, 1.82) is 0 Å². The highest BCUT2D eigenvalue weighted by atomic mass is 32.2. The average Bonchev–Trinajstić information content (AvgIpc) is 2.30. The Morgan fingerprint density at radius 1 is 1.32 bits per heavy atom. The van der Waals surface area contributed by atoms with Crippen LogP contribution in [0.1, 0.15) is 44.9 Å². The Kier molecular flexibility index (Phi) is 5.88. The van der Waals surface area contributed by atoms with Crippen LogP contribution >= 0.6 is 0 Å². The van der Waals surface area contributed by atoms with Crippen molar-refractivity contribution in [1.82, 2.24) is 4.72 Å². The molecule has 0 aromatic heterocycles. The maximum absolute atomic E-state index is 14.2. The Morgan fingerprint density at radius 2 is 1.86 bits per heavy atom. The van der Waals surface area contributed by atoms with Gasteiger partial charge in [0.25, 0.3) is 0 Å². The van der Waals surface area contributed by atoms with Gasteiger partial charge in [0.15, 0.2) is 0 Å². The summed E-state index contributed by atoms with van der Waals surface area (Å²) in [5.41, 5.74) is 1.14. The van der Waals surface area contributed by atoms with E-state index in [2.05, 4.69) is 9.44 Å². The zero-order valence-electron chi connectivity index (χ0n) is 13.7. The number of hydrogen-bond donors (Lipinski definition) is 2. The first-order valence-electron chi connectivity index (χ1n) is 6.77. The summed E-state index contributed by atoms with van der Waals surface area (Å²) >= 11 is -1.33. The SMILES string of the molecule is Cc1cc([C@@H](C)N[S@+]([O-])C(C)(C)C)c(F)cc1NS(C)(=O)=O. The summed E-state index contributed by atoms with van der Waals surface area (Å²) in [6, 6.07) is 2.23. The van der Waals surface area contributed by atoms with E-state index in [-0.39, 0.29) is 5.69 Å². The molecule has 22 heavy (non-hydrogen) atoms. The van der Waals surface area contributed by atoms with Crippen LogP contribution in [-0.2, 0) is 21.4 Å². The molecule has 0 saturated carbocycles. The highest BCUT2D eigenvalue weighted by Crippen LogP contribution is 2.27. The van der Waals surface area contributed by atoms with E-state index in [1.807, 2.05) is 20.8 Å². The Bertz CT molecular complexity index is 642. The van der Waals surface area contributed by atoms with E-state index in [9.17, 15) is 17.4 Å². The van der Waals surface area contributed by atoms with Gasteiger partial charge in [0.1, 0.15) is 10.6 Å². The van der Waals surface area contributed by atoms with Crippen LogP contribution in [0, 0.1) is 12.7 Å². The molecule has 0 heterocycles. The summed E-state index contributed by atoms with van der Waals surface area (Å²) in [6.45, 7) is 8.87. The summed E-state index contributed by atoms with van der Waals surface area (Å²) < 4.78 is 53.5. The molecule has 126 valence electrons. The first kappa shape index (κ1) is 19.2. The molecular formula is C14H23FN2O3S2. The lowest BCUT2D eigenvalue weighted by molar-refractivity contribution is 0.522. The second kappa shape index (κ2) is 6.74. The lowest BCUT2D eigenvalue weighted by Crippen LogP contribution is -2.40. The van der Waals surface area contributed by atoms with Crippen molar-refractivity contribution in [3.05, 3.63) is 29.1 Å². The van der Waals surface area contributed by atoms with Crippen LogP contribution in [0.3, 0.4) is 0 Å². The maximum Gasteiger partial charge on any atom is 0.229 e. The van der Waals surface area contributed by atoms with Gasteiger partial charge in [0, 0.05) is 16.9 Å². The summed E-state index contributed by atoms with van der Waals surface area (Å²) in [5, 5.41) is 0. The minimum absolute atomic E-state index is 0.202. The minimum Gasteiger partial charge on any atom is -0.598 e. The van der Waals surface area contributed by atoms with E-state index in [1.165, 1.54) is 0 Å². The molecule has 1 aromatic rings. The van der Waals surface area contributed by atoms with E-state index in [4.69, 9.17) is 0 Å². The van der Waals surface area contributed by atoms with Gasteiger partial charge in [0.2, 0.25) is 10.0 Å². The predicted octanol–water partition coefficient (Wildman–Crippen LogP) is 2.62. The van der Waals surface area contributed by atoms with Gasteiger partial charge < -0.3 is 4.55 Å². The Morgan fingerprint density at radius 3 is 2.32 bits per heavy atom. The van der Waals surface area contributed by atoms with Crippen molar-refractivity contribution < 1.29 is 17.4 Å². The fraction of sp³-hybridized carbons (Fsp3) is 0.571. The summed E-state index contributed by atoms with van der Waals surface area (Å²) in [7, 11) is -3.47. The van der Waals surface area contributed by atoms with Gasteiger partial charge in [-0.15, -0.1) is 4.72 Å². The van der Waals surface area contributed by atoms with E-state index in [0.717, 1.165) is 12.3 Å². The number of aryl methyl sites for hydroxylation is 1. The molecule has 0 amide bonds. The van der Waals surface area contributed by atoms with Crippen molar-refractivity contribution in [2.24, 2.45) is 0 Å². The Labute approximate surface area is 135 Å². The summed E-state index contributed by atoms with van der Waals surface area (Å²) in [4.78, 5) is 0. The van der Waals surface area contributed by atoms with Gasteiger partial charge in [0.05, 0.1) is 18.0 Å². The molecule has 5 nitrogen and oxygen atoms in total. The van der Waals surface area contributed by atoms with Crippen molar-refractivity contribution in [3.8, 4) is 0 Å². The number of sulfonamides is 1. The zero-order chi connectivity index (χ0) is 17.3. The fourth-order valence-electron chi connectivity index (χ4n) is 1.75. The maximum atomic E-state index is 14.2. The third-order valence-electron chi connectivity index (χ3n) is 2.95. The highest BCUT2D eigenvalue weighted by Gasteiger charge is 2.29. The minimum atomic E-state index is -3.47. The summed E-state index contributed by atoms with van der Waals surface area (Å²) in [6.07, 6.45) is 1.01. The lowest BCUT2D eigenvalue weighted by Gasteiger charge is -2.27. The van der Waals surface area contributed by atoms with Crippen LogP contribution in [0.25, 0.3) is 0 Å². The quantitative estimate of drug-likeness (QED) is 0.800. The topological polar surface area (TPSA) is 81.3 Å². The molecule has 0 aliphatic rings. The van der Waals surface area contributed by atoms with E-state index < -0.39 is 38.0 Å². The van der Waals surface area contributed by atoms with Crippen LogP contribution in [0.4, 0.5) is 10.1 Å². The second-order valence-corrected chi connectivity index (χ2v) is 10.0. The zero-order valence-corrected chi connectivity index (χ0v) is 15.3. The van der Waals surface area contributed by atoms with Crippen LogP contribution in [0.15, 0.2) is 12.1 Å². The number of halogens is 1. The molecular weight excluding hydrogens is 327 g/mol. The number of anilines is 1. The van der Waals surface area contributed by atoms with Gasteiger partial charge in [-0.2, -0.15) is 0 Å². The molecule has 0 saturated heterocycles. The second-order valence-electron chi connectivity index (χ2n) is 6.28. The standard InChI is InChI=1S/C14H23FN2O3S2/c1-9-7-11(10(2)16-21(18)14(3,4)5)12(15)8-13(9)17-22(6,19)20/h7-8,10,16-17H,1-6H3/t10-,21-/m1/s1. The molecule has 1 rings (SSSR count). The molecule has 0 unspecified atom stereocenters. The first-order valence-corrected chi connectivity index (χ1v) is 9.81. The van der Waals surface area contributed by atoms with Gasteiger partial charge in [-0.05, 0) is 52.3 Å². The molecule has 0 aliphatic carbocycles. The van der Waals surface area contributed by atoms with Gasteiger partial charge in [-0.1, -0.05) is 0 Å². The van der Waals surface area contributed by atoms with E-state index >= 15 is 0 Å². The smallest absolute Gasteiger partial charge is 0.229 e. The number of benzene rings is 1. The first-order chi connectivity index (χ1) is 9.81. The molecule has 0 spiro atoms. The summed E-state index contributed by atoms with van der Waals surface area (Å²) in [5.74, 6) is -0.553. The van der Waals surface area contributed by atoms with Crippen molar-refractivity contribution in [3.63, 3.8) is 0 Å². The predicted molar refractivity (Wildman–Crippen MR) is 89.0 cm³/mol. The molecule has 8 heteroatoms. The molecule has 1 aromatic carbocycles. The van der Waals surface area contributed by atoms with E-state index in [0.29, 0.717) is 11.1 Å². The van der Waals surface area contributed by atoms with Gasteiger partial charge in [-0.25, -0.2) is 12.8 Å². The highest BCUT2D eigenvalue weighted by molar-refractivity contribution is 7.92. The Hall–Kier alpha value is -0.830. The van der Waals surface area contributed by atoms with Crippen LogP contribution in [0.2, 0.25) is 0 Å². The monoisotopic (exact) mass is 350 g/mol. The third kappa shape index (κ3) is 5.42. The molecule has 0 aliphatic heterocycles. The number of hydrogen-bond acceptors (Lipinski definition) is 4. The van der Waals surface area contributed by atoms with Crippen LogP contribution < -0.4 is 9.44 Å². The van der Waals surface area contributed by atoms with Gasteiger partial charge >= 0.3 is 0 Å². The van der Waals surface area contributed by atoms with E-state index in [1.54, 1.807) is 19.9 Å². The van der Waals surface area contributed by atoms with Crippen molar-refractivity contribution in [2.45, 2.75) is 45.4 Å². The lowest BCUT2D eigenvalue weighted by atomic mass is 10.0. The van der Waals surface area contributed by atoms with Crippen molar-refractivity contribution >= 4 is 27.1 Å². The average molecular weight is 350 g/mol. The molecule has 2 atom stereocenters. The molecule has 0 fully saturated rings. The number of nitrogens with one attached hydrogen (secondary N) is 2. The normalized spacial score (nSPS) is 15.5. The van der Waals surface area contributed by atoms with Crippen molar-refractivity contribution in [2.75, 3.05) is 11.0 Å². The fourth-order valence-corrected chi connectivity index (χ4v) is 3.17. The number of rotatable bonds is 5. The van der Waals surface area contributed by atoms with Crippen LogP contribution in [-0.4, -0.2) is 24.0 Å². The molecule has 0 bridgehead atoms. The molecule has 2 N–H and O–H groups in total.